The normalized spacial score (nSPS) is 10.7. The average Bonchev–Trinajstić information content (AvgIpc) is 2.60. The highest BCUT2D eigenvalue weighted by Crippen LogP contribution is 2.28. The summed E-state index contributed by atoms with van der Waals surface area (Å²) in [6.07, 6.45) is 1.09. The van der Waals surface area contributed by atoms with Gasteiger partial charge in [-0.3, -0.25) is 4.79 Å². The molecule has 0 saturated heterocycles. The molecule has 1 unspecified atom stereocenters. The molecule has 0 radical (unpaired) electrons. The van der Waals surface area contributed by atoms with Crippen molar-refractivity contribution in [3.63, 3.8) is 0 Å². The summed E-state index contributed by atoms with van der Waals surface area (Å²) in [5.74, 6) is -2.71. The molecule has 0 heterocycles. The molecule has 1 atom stereocenters. The Bertz CT molecular complexity index is 617. The standard InChI is InChI=1S/C15H21NO4.C2H2O4/c1-4-7-16-9-13(18)10-20-14-6-5-12(11(2)17)8-15(14)19-3;3-1(4)2(5)6/h4-6,8,13,16,18H,1,7,9-10H2,2-3H3;(H,3,4)(H,5,6). The Labute approximate surface area is 150 Å². The third kappa shape index (κ3) is 9.40. The number of carbonyl (C=O) groups is 3. The Morgan fingerprint density at radius 1 is 1.23 bits per heavy atom. The number of benzene rings is 1. The van der Waals surface area contributed by atoms with Crippen molar-refractivity contribution < 1.29 is 39.2 Å². The lowest BCUT2D eigenvalue weighted by atomic mass is 10.1. The van der Waals surface area contributed by atoms with E-state index in [1.807, 2.05) is 0 Å². The number of methoxy groups -OCH3 is 1. The molecule has 9 nitrogen and oxygen atoms in total. The van der Waals surface area contributed by atoms with E-state index in [1.54, 1.807) is 24.3 Å². The van der Waals surface area contributed by atoms with Crippen LogP contribution >= 0.6 is 0 Å². The molecule has 1 rings (SSSR count). The smallest absolute Gasteiger partial charge is 0.414 e. The molecule has 0 aliphatic carbocycles. The van der Waals surface area contributed by atoms with E-state index in [-0.39, 0.29) is 12.4 Å². The molecule has 0 saturated carbocycles. The van der Waals surface area contributed by atoms with Gasteiger partial charge in [0.25, 0.3) is 0 Å². The molecule has 0 fully saturated rings. The first-order valence-corrected chi connectivity index (χ1v) is 7.50. The molecule has 0 aromatic heterocycles. The molecule has 4 N–H and O–H groups in total. The van der Waals surface area contributed by atoms with E-state index >= 15 is 0 Å². The number of ketones is 1. The molecule has 0 aliphatic heterocycles. The summed E-state index contributed by atoms with van der Waals surface area (Å²) in [6.45, 7) is 6.26. The van der Waals surface area contributed by atoms with Gasteiger partial charge < -0.3 is 30.1 Å². The van der Waals surface area contributed by atoms with Gasteiger partial charge in [-0.05, 0) is 25.1 Å². The van der Waals surface area contributed by atoms with Gasteiger partial charge in [-0.15, -0.1) is 6.58 Å². The van der Waals surface area contributed by atoms with Gasteiger partial charge in [-0.25, -0.2) is 9.59 Å². The molecular weight excluding hydrogens is 346 g/mol. The average molecular weight is 369 g/mol. The molecular formula is C17H23NO8. The highest BCUT2D eigenvalue weighted by Gasteiger charge is 2.10. The Morgan fingerprint density at radius 2 is 1.85 bits per heavy atom. The SMILES string of the molecule is C=CCNCC(O)COc1ccc(C(C)=O)cc1OC.O=C(O)C(=O)O. The van der Waals surface area contributed by atoms with Crippen LogP contribution in [0.25, 0.3) is 0 Å². The van der Waals surface area contributed by atoms with Crippen molar-refractivity contribution in [1.29, 1.82) is 0 Å². The Morgan fingerprint density at radius 3 is 2.31 bits per heavy atom. The summed E-state index contributed by atoms with van der Waals surface area (Å²) in [5.41, 5.74) is 0.558. The van der Waals surface area contributed by atoms with Gasteiger partial charge >= 0.3 is 11.9 Å². The minimum Gasteiger partial charge on any atom is -0.493 e. The largest absolute Gasteiger partial charge is 0.493 e. The van der Waals surface area contributed by atoms with Crippen LogP contribution in [0.4, 0.5) is 0 Å². The van der Waals surface area contributed by atoms with Crippen LogP contribution in [0, 0.1) is 0 Å². The number of carboxylic acid groups (broad SMARTS) is 2. The molecule has 9 heteroatoms. The second-order valence-electron chi connectivity index (χ2n) is 4.94. The number of rotatable bonds is 9. The molecule has 1 aromatic rings. The fraction of sp³-hybridized carbons (Fsp3) is 0.353. The first kappa shape index (κ1) is 23.1. The lowest BCUT2D eigenvalue weighted by Gasteiger charge is -2.15. The predicted molar refractivity (Wildman–Crippen MR) is 92.8 cm³/mol. The molecule has 0 aliphatic rings. The van der Waals surface area contributed by atoms with Gasteiger partial charge in [0.1, 0.15) is 12.7 Å². The Balaban J connectivity index is 0.000000896. The zero-order valence-electron chi connectivity index (χ0n) is 14.6. The first-order chi connectivity index (χ1) is 12.2. The van der Waals surface area contributed by atoms with Crippen LogP contribution in [0.15, 0.2) is 30.9 Å². The number of Topliss-reactive ketones (excluding diaryl/α,β-unsaturated/α-hetero) is 1. The summed E-state index contributed by atoms with van der Waals surface area (Å²) in [5, 5.41) is 27.5. The van der Waals surface area contributed by atoms with Crippen molar-refractivity contribution in [3.8, 4) is 11.5 Å². The van der Waals surface area contributed by atoms with Crippen LogP contribution in [0.5, 0.6) is 11.5 Å². The summed E-state index contributed by atoms with van der Waals surface area (Å²) in [6, 6.07) is 4.96. The fourth-order valence-electron chi connectivity index (χ4n) is 1.60. The highest BCUT2D eigenvalue weighted by atomic mass is 16.5. The summed E-state index contributed by atoms with van der Waals surface area (Å²) in [4.78, 5) is 29.5. The van der Waals surface area contributed by atoms with Gasteiger partial charge in [0.15, 0.2) is 17.3 Å². The summed E-state index contributed by atoms with van der Waals surface area (Å²) < 4.78 is 10.7. The number of carbonyl (C=O) groups excluding carboxylic acids is 1. The van der Waals surface area contributed by atoms with Crippen molar-refractivity contribution in [2.24, 2.45) is 0 Å². The van der Waals surface area contributed by atoms with Crippen LogP contribution in [0.1, 0.15) is 17.3 Å². The van der Waals surface area contributed by atoms with E-state index in [1.165, 1.54) is 14.0 Å². The summed E-state index contributed by atoms with van der Waals surface area (Å²) in [7, 11) is 1.51. The zero-order valence-corrected chi connectivity index (χ0v) is 14.6. The van der Waals surface area contributed by atoms with E-state index in [0.29, 0.717) is 30.2 Å². The van der Waals surface area contributed by atoms with Crippen molar-refractivity contribution in [2.75, 3.05) is 26.8 Å². The van der Waals surface area contributed by atoms with E-state index < -0.39 is 18.0 Å². The van der Waals surface area contributed by atoms with E-state index in [0.717, 1.165) is 0 Å². The number of nitrogens with one attached hydrogen (secondary N) is 1. The number of hydrogen-bond acceptors (Lipinski definition) is 7. The molecule has 26 heavy (non-hydrogen) atoms. The molecule has 0 spiro atoms. The van der Waals surface area contributed by atoms with Crippen LogP contribution in [0.2, 0.25) is 0 Å². The van der Waals surface area contributed by atoms with E-state index in [2.05, 4.69) is 11.9 Å². The number of aliphatic carboxylic acids is 2. The number of ether oxygens (including phenoxy) is 2. The second kappa shape index (κ2) is 12.5. The van der Waals surface area contributed by atoms with Gasteiger partial charge in [0.05, 0.1) is 7.11 Å². The van der Waals surface area contributed by atoms with Gasteiger partial charge in [0.2, 0.25) is 0 Å². The molecule has 144 valence electrons. The second-order valence-corrected chi connectivity index (χ2v) is 4.94. The maximum absolute atomic E-state index is 11.3. The highest BCUT2D eigenvalue weighted by molar-refractivity contribution is 6.27. The molecule has 0 amide bonds. The number of carboxylic acids is 2. The lowest BCUT2D eigenvalue weighted by Crippen LogP contribution is -2.31. The van der Waals surface area contributed by atoms with Crippen LogP contribution in [0.3, 0.4) is 0 Å². The van der Waals surface area contributed by atoms with E-state index in [9.17, 15) is 9.90 Å². The van der Waals surface area contributed by atoms with Gasteiger partial charge in [0, 0.05) is 18.7 Å². The Kier molecular flexibility index (Phi) is 11.1. The number of aliphatic hydroxyl groups excluding tert-OH is 1. The number of aliphatic hydroxyl groups is 1. The van der Waals surface area contributed by atoms with Gasteiger partial charge in [-0.2, -0.15) is 0 Å². The predicted octanol–water partition coefficient (Wildman–Crippen LogP) is 0.569. The van der Waals surface area contributed by atoms with Crippen molar-refractivity contribution in [2.45, 2.75) is 13.0 Å². The van der Waals surface area contributed by atoms with Crippen LogP contribution in [-0.4, -0.2) is 66.0 Å². The van der Waals surface area contributed by atoms with Crippen molar-refractivity contribution in [1.82, 2.24) is 5.32 Å². The lowest BCUT2D eigenvalue weighted by molar-refractivity contribution is -0.159. The quantitative estimate of drug-likeness (QED) is 0.213. The van der Waals surface area contributed by atoms with Gasteiger partial charge in [-0.1, -0.05) is 6.08 Å². The Hall–Kier alpha value is -2.91. The zero-order chi connectivity index (χ0) is 20.1. The van der Waals surface area contributed by atoms with Crippen LogP contribution < -0.4 is 14.8 Å². The fourth-order valence-corrected chi connectivity index (χ4v) is 1.60. The monoisotopic (exact) mass is 369 g/mol. The molecule has 1 aromatic carbocycles. The maximum atomic E-state index is 11.3. The third-order valence-corrected chi connectivity index (χ3v) is 2.85. The minimum atomic E-state index is -1.82. The first-order valence-electron chi connectivity index (χ1n) is 7.50. The van der Waals surface area contributed by atoms with Crippen molar-refractivity contribution in [3.05, 3.63) is 36.4 Å². The maximum Gasteiger partial charge on any atom is 0.414 e. The molecule has 0 bridgehead atoms. The minimum absolute atomic E-state index is 0.0384. The summed E-state index contributed by atoms with van der Waals surface area (Å²) >= 11 is 0. The van der Waals surface area contributed by atoms with Crippen molar-refractivity contribution >= 4 is 17.7 Å². The third-order valence-electron chi connectivity index (χ3n) is 2.85. The van der Waals surface area contributed by atoms with E-state index in [4.69, 9.17) is 29.3 Å². The topological polar surface area (TPSA) is 142 Å². The van der Waals surface area contributed by atoms with Crippen LogP contribution in [-0.2, 0) is 9.59 Å². The number of hydrogen-bond donors (Lipinski definition) is 4.